The minimum absolute atomic E-state index is 0.124. The second kappa shape index (κ2) is 6.69. The maximum atomic E-state index is 11.8. The van der Waals surface area contributed by atoms with Crippen molar-refractivity contribution in [2.24, 2.45) is 0 Å². The Labute approximate surface area is 109 Å². The fourth-order valence-corrected chi connectivity index (χ4v) is 1.38. The molecule has 0 aliphatic heterocycles. The smallest absolute Gasteiger partial charge is 0.350 e. The van der Waals surface area contributed by atoms with E-state index in [2.05, 4.69) is 10.4 Å². The van der Waals surface area contributed by atoms with Crippen molar-refractivity contribution in [3.8, 4) is 5.88 Å². The van der Waals surface area contributed by atoms with Crippen LogP contribution in [-0.4, -0.2) is 48.0 Å². The predicted molar refractivity (Wildman–Crippen MR) is 65.0 cm³/mol. The van der Waals surface area contributed by atoms with E-state index in [0.29, 0.717) is 13.2 Å². The number of nitrogens with zero attached hydrogens (tertiary/aromatic N) is 3. The van der Waals surface area contributed by atoms with Crippen LogP contribution < -0.4 is 10.1 Å². The highest BCUT2D eigenvalue weighted by Crippen LogP contribution is 2.25. The number of nitro groups is 1. The summed E-state index contributed by atoms with van der Waals surface area (Å²) in [6.45, 7) is 2.33. The number of carbonyl (C=O) groups is 1. The van der Waals surface area contributed by atoms with Crippen molar-refractivity contribution >= 4 is 11.6 Å². The molecule has 9 heteroatoms. The van der Waals surface area contributed by atoms with Crippen LogP contribution in [0, 0.1) is 10.1 Å². The summed E-state index contributed by atoms with van der Waals surface area (Å²) in [5.74, 6) is -0.432. The van der Waals surface area contributed by atoms with Crippen LogP contribution in [0.2, 0.25) is 0 Å². The van der Waals surface area contributed by atoms with Crippen LogP contribution in [-0.2, 0) is 9.53 Å². The van der Waals surface area contributed by atoms with Gasteiger partial charge in [0.25, 0.3) is 0 Å². The SMILES string of the molecule is COCCNC(=O)C(C)n1cc([N+](=O)[O-])c(OC)n1. The zero-order valence-electron chi connectivity index (χ0n) is 11.0. The lowest BCUT2D eigenvalue weighted by Gasteiger charge is -2.11. The zero-order chi connectivity index (χ0) is 14.4. The average molecular weight is 272 g/mol. The molecular formula is C10H16N4O5. The molecule has 0 spiro atoms. The molecule has 19 heavy (non-hydrogen) atoms. The van der Waals surface area contributed by atoms with Crippen LogP contribution in [0.15, 0.2) is 6.20 Å². The third kappa shape index (κ3) is 3.65. The standard InChI is InChI=1S/C10H16N4O5/c1-7(9(15)11-4-5-18-2)13-6-8(14(16)17)10(12-13)19-3/h6-7H,4-5H2,1-3H3,(H,11,15). The number of aromatic nitrogens is 2. The zero-order valence-corrected chi connectivity index (χ0v) is 11.0. The van der Waals surface area contributed by atoms with E-state index in [0.717, 1.165) is 0 Å². The van der Waals surface area contributed by atoms with Gasteiger partial charge in [-0.05, 0) is 6.92 Å². The van der Waals surface area contributed by atoms with Crippen molar-refractivity contribution in [3.05, 3.63) is 16.3 Å². The molecule has 0 bridgehead atoms. The van der Waals surface area contributed by atoms with Crippen LogP contribution in [0.1, 0.15) is 13.0 Å². The van der Waals surface area contributed by atoms with Crippen molar-refractivity contribution in [1.29, 1.82) is 0 Å². The van der Waals surface area contributed by atoms with E-state index in [4.69, 9.17) is 9.47 Å². The Bertz CT molecular complexity index is 459. The van der Waals surface area contributed by atoms with Crippen molar-refractivity contribution in [1.82, 2.24) is 15.1 Å². The van der Waals surface area contributed by atoms with Gasteiger partial charge < -0.3 is 14.8 Å². The largest absolute Gasteiger partial charge is 0.475 e. The number of methoxy groups -OCH3 is 2. The number of rotatable bonds is 7. The molecule has 1 heterocycles. The molecule has 0 fully saturated rings. The molecule has 0 saturated heterocycles. The number of nitrogens with one attached hydrogen (secondary N) is 1. The highest BCUT2D eigenvalue weighted by molar-refractivity contribution is 5.79. The van der Waals surface area contributed by atoms with Gasteiger partial charge in [-0.25, -0.2) is 4.68 Å². The molecule has 1 aromatic heterocycles. The van der Waals surface area contributed by atoms with Gasteiger partial charge in [-0.1, -0.05) is 0 Å². The van der Waals surface area contributed by atoms with E-state index in [-0.39, 0.29) is 17.5 Å². The summed E-state index contributed by atoms with van der Waals surface area (Å²) in [4.78, 5) is 21.9. The van der Waals surface area contributed by atoms with Gasteiger partial charge in [0.2, 0.25) is 5.91 Å². The van der Waals surface area contributed by atoms with Gasteiger partial charge >= 0.3 is 11.6 Å². The van der Waals surface area contributed by atoms with Crippen LogP contribution in [0.5, 0.6) is 5.88 Å². The van der Waals surface area contributed by atoms with Gasteiger partial charge in [-0.15, -0.1) is 5.10 Å². The summed E-state index contributed by atoms with van der Waals surface area (Å²) >= 11 is 0. The van der Waals surface area contributed by atoms with E-state index >= 15 is 0 Å². The molecule has 1 atom stereocenters. The average Bonchev–Trinajstić information content (AvgIpc) is 2.82. The number of carbonyl (C=O) groups excluding carboxylic acids is 1. The fourth-order valence-electron chi connectivity index (χ4n) is 1.38. The van der Waals surface area contributed by atoms with Crippen LogP contribution in [0.4, 0.5) is 5.69 Å². The molecular weight excluding hydrogens is 256 g/mol. The Morgan fingerprint density at radius 1 is 1.63 bits per heavy atom. The Morgan fingerprint density at radius 3 is 2.79 bits per heavy atom. The number of ether oxygens (including phenoxy) is 2. The molecule has 9 nitrogen and oxygen atoms in total. The summed E-state index contributed by atoms with van der Waals surface area (Å²) < 4.78 is 10.8. The molecule has 1 N–H and O–H groups in total. The van der Waals surface area contributed by atoms with Crippen LogP contribution in [0.25, 0.3) is 0 Å². The molecule has 0 aliphatic rings. The summed E-state index contributed by atoms with van der Waals surface area (Å²) in [6, 6.07) is -0.681. The normalized spacial score (nSPS) is 11.9. The molecule has 1 unspecified atom stereocenters. The summed E-state index contributed by atoms with van der Waals surface area (Å²) in [7, 11) is 2.81. The van der Waals surface area contributed by atoms with Gasteiger partial charge in [0.15, 0.2) is 0 Å². The number of hydrogen-bond donors (Lipinski definition) is 1. The minimum Gasteiger partial charge on any atom is -0.475 e. The lowest BCUT2D eigenvalue weighted by atomic mass is 10.3. The molecule has 0 radical (unpaired) electrons. The van der Waals surface area contributed by atoms with Crippen LogP contribution >= 0.6 is 0 Å². The highest BCUT2D eigenvalue weighted by atomic mass is 16.6. The lowest BCUT2D eigenvalue weighted by molar-refractivity contribution is -0.385. The van der Waals surface area contributed by atoms with Crippen LogP contribution in [0.3, 0.4) is 0 Å². The molecule has 0 aliphatic carbocycles. The molecule has 1 rings (SSSR count). The maximum absolute atomic E-state index is 11.8. The topological polar surface area (TPSA) is 109 Å². The van der Waals surface area contributed by atoms with Gasteiger partial charge in [-0.2, -0.15) is 0 Å². The molecule has 106 valence electrons. The van der Waals surface area contributed by atoms with E-state index in [9.17, 15) is 14.9 Å². The molecule has 1 amide bonds. The summed E-state index contributed by atoms with van der Waals surface area (Å²) in [5.41, 5.74) is -0.279. The number of amides is 1. The third-order valence-electron chi connectivity index (χ3n) is 2.45. The Morgan fingerprint density at radius 2 is 2.32 bits per heavy atom. The third-order valence-corrected chi connectivity index (χ3v) is 2.45. The van der Waals surface area contributed by atoms with E-state index < -0.39 is 11.0 Å². The Balaban J connectivity index is 2.79. The van der Waals surface area contributed by atoms with Gasteiger partial charge in [-0.3, -0.25) is 14.9 Å². The second-order valence-corrected chi connectivity index (χ2v) is 3.72. The molecule has 0 saturated carbocycles. The fraction of sp³-hybridized carbons (Fsp3) is 0.600. The number of hydrogen-bond acceptors (Lipinski definition) is 6. The first-order valence-electron chi connectivity index (χ1n) is 5.55. The minimum atomic E-state index is -0.681. The van der Waals surface area contributed by atoms with Crippen molar-refractivity contribution < 1.29 is 19.2 Å². The maximum Gasteiger partial charge on any atom is 0.350 e. The predicted octanol–water partition coefficient (Wildman–Crippen LogP) is 0.123. The lowest BCUT2D eigenvalue weighted by Crippen LogP contribution is -2.33. The van der Waals surface area contributed by atoms with E-state index in [1.807, 2.05) is 0 Å². The van der Waals surface area contributed by atoms with Crippen molar-refractivity contribution in [3.63, 3.8) is 0 Å². The first kappa shape index (κ1) is 14.9. The Hall–Kier alpha value is -2.16. The van der Waals surface area contributed by atoms with E-state index in [1.54, 1.807) is 6.92 Å². The van der Waals surface area contributed by atoms with Gasteiger partial charge in [0.1, 0.15) is 12.2 Å². The monoisotopic (exact) mass is 272 g/mol. The molecule has 0 aromatic carbocycles. The summed E-state index contributed by atoms with van der Waals surface area (Å²) in [6.07, 6.45) is 1.17. The second-order valence-electron chi connectivity index (χ2n) is 3.72. The summed E-state index contributed by atoms with van der Waals surface area (Å²) in [5, 5.41) is 17.2. The first-order chi connectivity index (χ1) is 9.01. The first-order valence-corrected chi connectivity index (χ1v) is 5.55. The molecule has 1 aromatic rings. The van der Waals surface area contributed by atoms with Gasteiger partial charge in [0, 0.05) is 13.7 Å². The van der Waals surface area contributed by atoms with Crippen molar-refractivity contribution in [2.45, 2.75) is 13.0 Å². The highest BCUT2D eigenvalue weighted by Gasteiger charge is 2.24. The Kier molecular flexibility index (Phi) is 5.24. The quantitative estimate of drug-likeness (QED) is 0.429. The van der Waals surface area contributed by atoms with Gasteiger partial charge in [0.05, 0.1) is 18.6 Å². The van der Waals surface area contributed by atoms with Crippen molar-refractivity contribution in [2.75, 3.05) is 27.4 Å². The van der Waals surface area contributed by atoms with E-state index in [1.165, 1.54) is 25.1 Å².